The molecule has 5 heterocycles. The van der Waals surface area contributed by atoms with Crippen LogP contribution < -0.4 is 0 Å². The maximum Gasteiger partial charge on any atom is 0.321 e. The minimum Gasteiger partial charge on any atom is -0.481 e. The van der Waals surface area contributed by atoms with Crippen LogP contribution in [-0.2, 0) is 57.1 Å². The summed E-state index contributed by atoms with van der Waals surface area (Å²) in [5.41, 5.74) is 0. The Bertz CT molecular complexity index is 1220. The van der Waals surface area contributed by atoms with E-state index in [1.807, 2.05) is 20.8 Å². The molecule has 0 aromatic heterocycles. The fourth-order valence-electron chi connectivity index (χ4n) is 6.17. The van der Waals surface area contributed by atoms with Crippen LogP contribution in [0.15, 0.2) is 0 Å². The number of carbonyl (C=O) groups is 3. The first-order valence-corrected chi connectivity index (χ1v) is 24.9. The van der Waals surface area contributed by atoms with Gasteiger partial charge in [0.25, 0.3) is 10.1 Å². The van der Waals surface area contributed by atoms with E-state index < -0.39 is 31.6 Å². The van der Waals surface area contributed by atoms with E-state index in [9.17, 15) is 22.8 Å². The van der Waals surface area contributed by atoms with E-state index in [4.69, 9.17) is 43.7 Å². The Hall–Kier alpha value is -1.22. The maximum atomic E-state index is 11.6. The van der Waals surface area contributed by atoms with Crippen LogP contribution in [0.25, 0.3) is 0 Å². The summed E-state index contributed by atoms with van der Waals surface area (Å²) < 4.78 is 55.5. The van der Waals surface area contributed by atoms with Crippen molar-refractivity contribution in [3.8, 4) is 0 Å². The van der Waals surface area contributed by atoms with Gasteiger partial charge in [-0.3, -0.25) is 18.6 Å². The Morgan fingerprint density at radius 1 is 0.644 bits per heavy atom. The van der Waals surface area contributed by atoms with Crippen molar-refractivity contribution in [2.75, 3.05) is 104 Å². The van der Waals surface area contributed by atoms with Gasteiger partial charge in [0.05, 0.1) is 32.5 Å². The molecule has 0 spiro atoms. The highest BCUT2D eigenvalue weighted by Crippen LogP contribution is 2.30. The van der Waals surface area contributed by atoms with Crippen molar-refractivity contribution in [1.82, 2.24) is 0 Å². The quantitative estimate of drug-likeness (QED) is 0.103. The molecular formula is C41H76O15S3. The zero-order chi connectivity index (χ0) is 44.2. The average molecular weight is 905 g/mol. The molecule has 5 saturated heterocycles. The number of carboxylic acid groups (broad SMARTS) is 2. The summed E-state index contributed by atoms with van der Waals surface area (Å²) in [6, 6.07) is 0. The highest BCUT2D eigenvalue weighted by Gasteiger charge is 2.30. The second-order valence-corrected chi connectivity index (χ2v) is 21.5. The van der Waals surface area contributed by atoms with Gasteiger partial charge >= 0.3 is 17.9 Å². The molecular weight excluding hydrogens is 829 g/mol. The summed E-state index contributed by atoms with van der Waals surface area (Å²) in [7, 11) is -3.26. The predicted molar refractivity (Wildman–Crippen MR) is 231 cm³/mol. The third kappa shape index (κ3) is 28.9. The summed E-state index contributed by atoms with van der Waals surface area (Å²) in [5, 5.41) is 25.7. The van der Waals surface area contributed by atoms with Gasteiger partial charge in [0, 0.05) is 66.1 Å². The molecule has 5 rings (SSSR count). The molecule has 15 nitrogen and oxygen atoms in total. The molecule has 0 amide bonds. The van der Waals surface area contributed by atoms with Gasteiger partial charge in [-0.2, -0.15) is 8.42 Å². The van der Waals surface area contributed by atoms with Crippen LogP contribution in [-0.4, -0.2) is 155 Å². The van der Waals surface area contributed by atoms with Crippen LogP contribution in [0.2, 0.25) is 0 Å². The fourth-order valence-corrected chi connectivity index (χ4v) is 8.79. The number of carboxylic acids is 2. The Morgan fingerprint density at radius 3 is 1.37 bits per heavy atom. The van der Waals surface area contributed by atoms with Crippen molar-refractivity contribution in [3.63, 3.8) is 0 Å². The molecule has 5 fully saturated rings. The van der Waals surface area contributed by atoms with E-state index in [2.05, 4.69) is 4.18 Å². The monoisotopic (exact) mass is 904 g/mol. The van der Waals surface area contributed by atoms with Crippen molar-refractivity contribution in [2.45, 2.75) is 108 Å². The molecule has 0 radical (unpaired) electrons. The number of rotatable bonds is 19. The average Bonchev–Trinajstić information content (AvgIpc) is 4.01. The van der Waals surface area contributed by atoms with Crippen molar-refractivity contribution >= 4 is 51.5 Å². The number of aliphatic hydroxyl groups is 1. The Balaban J connectivity index is 0.000000376. The van der Waals surface area contributed by atoms with Crippen LogP contribution in [0.1, 0.15) is 98.8 Å². The van der Waals surface area contributed by atoms with E-state index >= 15 is 0 Å². The molecule has 18 heteroatoms. The largest absolute Gasteiger partial charge is 0.481 e. The van der Waals surface area contributed by atoms with Crippen LogP contribution in [0.5, 0.6) is 0 Å². The van der Waals surface area contributed by atoms with Gasteiger partial charge in [0.15, 0.2) is 0 Å². The van der Waals surface area contributed by atoms with Crippen LogP contribution in [0, 0.1) is 29.6 Å². The molecule has 0 aliphatic carbocycles. The normalized spacial score (nSPS) is 24.0. The molecule has 5 atom stereocenters. The van der Waals surface area contributed by atoms with Gasteiger partial charge in [-0.1, -0.05) is 0 Å². The van der Waals surface area contributed by atoms with Crippen molar-refractivity contribution in [2.24, 2.45) is 29.6 Å². The highest BCUT2D eigenvalue weighted by atomic mass is 32.2. The van der Waals surface area contributed by atoms with Gasteiger partial charge in [-0.15, -0.1) is 23.5 Å². The minimum absolute atomic E-state index is 0.109. The summed E-state index contributed by atoms with van der Waals surface area (Å²) in [6.07, 6.45) is 10.6. The Labute approximate surface area is 362 Å². The molecule has 3 N–H and O–H groups in total. The smallest absolute Gasteiger partial charge is 0.321 e. The van der Waals surface area contributed by atoms with Gasteiger partial charge in [-0.25, -0.2) is 0 Å². The van der Waals surface area contributed by atoms with Gasteiger partial charge in [0.1, 0.15) is 9.49 Å². The van der Waals surface area contributed by atoms with E-state index in [1.165, 1.54) is 18.2 Å². The summed E-state index contributed by atoms with van der Waals surface area (Å²) >= 11 is 3.20. The molecule has 0 bridgehead atoms. The van der Waals surface area contributed by atoms with E-state index in [0.29, 0.717) is 43.5 Å². The number of aliphatic hydroxyl groups excluding tert-OH is 1. The molecule has 59 heavy (non-hydrogen) atoms. The number of esters is 1. The van der Waals surface area contributed by atoms with Crippen molar-refractivity contribution in [3.05, 3.63) is 0 Å². The van der Waals surface area contributed by atoms with Crippen molar-refractivity contribution < 1.29 is 70.7 Å². The number of thioether (sulfide) groups is 2. The summed E-state index contributed by atoms with van der Waals surface area (Å²) in [6.45, 7) is 18.4. The molecule has 348 valence electrons. The molecule has 5 aliphatic heterocycles. The molecule has 0 saturated carbocycles. The first-order chi connectivity index (χ1) is 27.9. The SMILES string of the molecule is CC(C)(SCC[C@H]1CCOC1)C(=O)O.CCOC(=O)C(C)(C)SCC[C@H]1CCOC1.CS(=O)(=O)OCC[C@H]1CCOC1.O=C(O)C[C@H]1CCOC1.OCC[C@H]1CCOC1. The van der Waals surface area contributed by atoms with Crippen molar-refractivity contribution in [1.29, 1.82) is 0 Å². The second-order valence-electron chi connectivity index (χ2n) is 16.4. The van der Waals surface area contributed by atoms with Crippen LogP contribution >= 0.6 is 23.5 Å². The maximum absolute atomic E-state index is 11.6. The topological polar surface area (TPSA) is 211 Å². The molecule has 0 unspecified atom stereocenters. The van der Waals surface area contributed by atoms with Gasteiger partial charge in [-0.05, 0) is 134 Å². The second kappa shape index (κ2) is 31.6. The summed E-state index contributed by atoms with van der Waals surface area (Å²) in [4.78, 5) is 32.5. The van der Waals surface area contributed by atoms with Gasteiger partial charge in [0.2, 0.25) is 0 Å². The lowest BCUT2D eigenvalue weighted by Crippen LogP contribution is -2.30. The van der Waals surface area contributed by atoms with E-state index in [0.717, 1.165) is 129 Å². The third-order valence-corrected chi connectivity index (χ3v) is 13.5. The third-order valence-electron chi connectivity index (χ3n) is 10.2. The Morgan fingerprint density at radius 2 is 1.03 bits per heavy atom. The summed E-state index contributed by atoms with van der Waals surface area (Å²) in [5.74, 6) is 3.07. The number of carbonyl (C=O) groups excluding carboxylic acids is 1. The molecule has 5 aliphatic rings. The lowest BCUT2D eigenvalue weighted by molar-refractivity contribution is -0.145. The number of hydrogen-bond donors (Lipinski definition) is 3. The lowest BCUT2D eigenvalue weighted by atomic mass is 10.1. The predicted octanol–water partition coefficient (Wildman–Crippen LogP) is 5.79. The number of ether oxygens (including phenoxy) is 6. The van der Waals surface area contributed by atoms with E-state index in [-0.39, 0.29) is 24.9 Å². The van der Waals surface area contributed by atoms with Crippen LogP contribution in [0.4, 0.5) is 0 Å². The standard InChI is InChI=1S/C12H22O3S.C10H18O3S.C7H14O4S.C6H10O3.C6H12O2/c1-4-15-11(13)12(2,3)16-8-6-10-5-7-14-9-10;1-10(2,9(11)12)14-6-4-8-3-5-13-7-8;1-12(8,9)11-5-3-7-2-4-10-6-7;7-6(8)3-5-1-2-9-4-5;7-3-1-6-2-4-8-5-6/h10H,4-9H2,1-3H3;8H,3-7H2,1-2H3,(H,11,12);7H,2-6H2,1H3;5H,1-4H2,(H,7,8);6-7H,1-5H2/t10-;8-;7-;5-;6-/m11110/s1. The minimum atomic E-state index is -3.26. The van der Waals surface area contributed by atoms with Crippen LogP contribution in [0.3, 0.4) is 0 Å². The zero-order valence-electron chi connectivity index (χ0n) is 36.5. The molecule has 0 aromatic carbocycles. The fraction of sp³-hybridized carbons (Fsp3) is 0.927. The number of aliphatic carboxylic acids is 2. The lowest BCUT2D eigenvalue weighted by Gasteiger charge is -2.22. The first-order valence-electron chi connectivity index (χ1n) is 21.1. The van der Waals surface area contributed by atoms with E-state index in [1.54, 1.807) is 25.6 Å². The zero-order valence-corrected chi connectivity index (χ0v) is 39.0. The highest BCUT2D eigenvalue weighted by molar-refractivity contribution is 8.01. The number of hydrogen-bond acceptors (Lipinski definition) is 15. The van der Waals surface area contributed by atoms with Gasteiger partial charge < -0.3 is 43.7 Å². The first kappa shape index (κ1) is 55.8. The molecule has 0 aromatic rings. The Kier molecular flexibility index (Phi) is 29.9.